The van der Waals surface area contributed by atoms with Crippen molar-refractivity contribution in [3.8, 4) is 5.75 Å². The average Bonchev–Trinajstić information content (AvgIpc) is 2.30. The Kier molecular flexibility index (Phi) is 3.35. The van der Waals surface area contributed by atoms with Crippen LogP contribution in [0.25, 0.3) is 10.8 Å². The van der Waals surface area contributed by atoms with Gasteiger partial charge in [-0.1, -0.05) is 6.07 Å². The Labute approximate surface area is 99.2 Å². The van der Waals surface area contributed by atoms with Crippen LogP contribution in [0.5, 0.6) is 5.75 Å². The molecule has 0 saturated carbocycles. The minimum atomic E-state index is -0.409. The Morgan fingerprint density at radius 3 is 2.94 bits per heavy atom. The molecule has 2 rings (SSSR count). The van der Waals surface area contributed by atoms with Crippen molar-refractivity contribution < 1.29 is 14.3 Å². The van der Waals surface area contributed by atoms with Gasteiger partial charge in [0.2, 0.25) is 0 Å². The van der Waals surface area contributed by atoms with Crippen LogP contribution in [0.1, 0.15) is 5.69 Å². The lowest BCUT2D eigenvalue weighted by molar-refractivity contribution is -0.138. The summed E-state index contributed by atoms with van der Waals surface area (Å²) in [6, 6.07) is 7.39. The molecular weight excluding hydrogens is 218 g/mol. The van der Waals surface area contributed by atoms with Gasteiger partial charge in [0.05, 0.1) is 0 Å². The van der Waals surface area contributed by atoms with E-state index >= 15 is 0 Å². The zero-order valence-electron chi connectivity index (χ0n) is 9.77. The summed E-state index contributed by atoms with van der Waals surface area (Å²) in [5, 5.41) is 2.05. The highest BCUT2D eigenvalue weighted by Gasteiger charge is 2.05. The van der Waals surface area contributed by atoms with Crippen LogP contribution in [-0.4, -0.2) is 24.7 Å². The van der Waals surface area contributed by atoms with E-state index in [1.165, 1.54) is 7.11 Å². The Morgan fingerprint density at radius 1 is 1.35 bits per heavy atom. The maximum atomic E-state index is 11.3. The van der Waals surface area contributed by atoms with Crippen molar-refractivity contribution in [3.05, 3.63) is 36.2 Å². The van der Waals surface area contributed by atoms with E-state index < -0.39 is 5.97 Å². The van der Waals surface area contributed by atoms with E-state index in [1.807, 2.05) is 25.1 Å². The van der Waals surface area contributed by atoms with Gasteiger partial charge >= 0.3 is 5.97 Å². The molecule has 1 aromatic heterocycles. The maximum absolute atomic E-state index is 11.3. The minimum Gasteiger partial charge on any atom is -0.425 e. The molecule has 0 atom stereocenters. The predicted octanol–water partition coefficient (Wildman–Crippen LogP) is 2.10. The third kappa shape index (κ3) is 2.60. The molecule has 4 heteroatoms. The number of nitrogens with zero attached hydrogens (tertiary/aromatic N) is 1. The number of esters is 1. The number of ether oxygens (including phenoxy) is 2. The van der Waals surface area contributed by atoms with Crippen LogP contribution in [0.2, 0.25) is 0 Å². The second-order valence-electron chi connectivity index (χ2n) is 3.69. The highest BCUT2D eigenvalue weighted by Crippen LogP contribution is 2.22. The molecule has 1 heterocycles. The molecule has 17 heavy (non-hydrogen) atoms. The van der Waals surface area contributed by atoms with Crippen molar-refractivity contribution in [2.45, 2.75) is 6.92 Å². The number of aromatic nitrogens is 1. The van der Waals surface area contributed by atoms with Crippen molar-refractivity contribution in [3.63, 3.8) is 0 Å². The first-order valence-corrected chi connectivity index (χ1v) is 5.25. The number of methoxy groups -OCH3 is 1. The molecule has 1 aromatic carbocycles. The summed E-state index contributed by atoms with van der Waals surface area (Å²) in [5.74, 6) is 0.101. The molecular formula is C13H13NO3. The van der Waals surface area contributed by atoms with Crippen LogP contribution in [0.15, 0.2) is 30.5 Å². The molecule has 0 unspecified atom stereocenters. The van der Waals surface area contributed by atoms with E-state index in [-0.39, 0.29) is 6.61 Å². The van der Waals surface area contributed by atoms with Crippen LogP contribution in [0, 0.1) is 6.92 Å². The SMILES string of the molecule is COCC(=O)Oc1ccc2ccnc(C)c2c1. The Hall–Kier alpha value is -1.94. The van der Waals surface area contributed by atoms with Gasteiger partial charge in [-0.05, 0) is 30.5 Å². The molecule has 0 amide bonds. The Morgan fingerprint density at radius 2 is 2.18 bits per heavy atom. The van der Waals surface area contributed by atoms with Gasteiger partial charge < -0.3 is 9.47 Å². The Bertz CT molecular complexity index is 551. The van der Waals surface area contributed by atoms with Gasteiger partial charge in [-0.15, -0.1) is 0 Å². The summed E-state index contributed by atoms with van der Waals surface area (Å²) in [6.45, 7) is 1.87. The van der Waals surface area contributed by atoms with Gasteiger partial charge in [-0.3, -0.25) is 4.98 Å². The van der Waals surface area contributed by atoms with E-state index in [9.17, 15) is 4.79 Å². The quantitative estimate of drug-likeness (QED) is 0.599. The van der Waals surface area contributed by atoms with Crippen LogP contribution < -0.4 is 4.74 Å². The topological polar surface area (TPSA) is 48.4 Å². The van der Waals surface area contributed by atoms with Crippen molar-refractivity contribution in [2.75, 3.05) is 13.7 Å². The van der Waals surface area contributed by atoms with Crippen molar-refractivity contribution in [1.82, 2.24) is 4.98 Å². The summed E-state index contributed by atoms with van der Waals surface area (Å²) in [7, 11) is 1.45. The molecule has 4 nitrogen and oxygen atoms in total. The second kappa shape index (κ2) is 4.93. The average molecular weight is 231 g/mol. The predicted molar refractivity (Wildman–Crippen MR) is 64.0 cm³/mol. The molecule has 0 N–H and O–H groups in total. The standard InChI is InChI=1S/C13H13NO3/c1-9-12-7-11(17-13(15)8-16-2)4-3-10(12)5-6-14-9/h3-7H,8H2,1-2H3. The van der Waals surface area contributed by atoms with Crippen LogP contribution >= 0.6 is 0 Å². The second-order valence-corrected chi connectivity index (χ2v) is 3.69. The summed E-state index contributed by atoms with van der Waals surface area (Å²) in [5.41, 5.74) is 0.909. The number of fused-ring (bicyclic) bond motifs is 1. The smallest absolute Gasteiger partial charge is 0.337 e. The summed E-state index contributed by atoms with van der Waals surface area (Å²) in [4.78, 5) is 15.5. The molecule has 0 aliphatic carbocycles. The van der Waals surface area contributed by atoms with Crippen LogP contribution in [0.4, 0.5) is 0 Å². The number of benzene rings is 1. The molecule has 0 spiro atoms. The van der Waals surface area contributed by atoms with Crippen molar-refractivity contribution in [2.24, 2.45) is 0 Å². The van der Waals surface area contributed by atoms with E-state index in [0.717, 1.165) is 16.5 Å². The first kappa shape index (κ1) is 11.5. The lowest BCUT2D eigenvalue weighted by Crippen LogP contribution is -2.14. The highest BCUT2D eigenvalue weighted by atomic mass is 16.6. The van der Waals surface area contributed by atoms with Gasteiger partial charge in [0.25, 0.3) is 0 Å². The fraction of sp³-hybridized carbons (Fsp3) is 0.231. The van der Waals surface area contributed by atoms with Gasteiger partial charge in [0, 0.05) is 24.4 Å². The van der Waals surface area contributed by atoms with Crippen LogP contribution in [-0.2, 0) is 9.53 Å². The number of pyridine rings is 1. The number of rotatable bonds is 3. The zero-order chi connectivity index (χ0) is 12.3. The molecule has 88 valence electrons. The number of hydrogen-bond donors (Lipinski definition) is 0. The molecule has 0 saturated heterocycles. The van der Waals surface area contributed by atoms with Crippen molar-refractivity contribution in [1.29, 1.82) is 0 Å². The first-order chi connectivity index (χ1) is 8.20. The number of hydrogen-bond acceptors (Lipinski definition) is 4. The first-order valence-electron chi connectivity index (χ1n) is 5.25. The van der Waals surface area contributed by atoms with E-state index in [4.69, 9.17) is 9.47 Å². The van der Waals surface area contributed by atoms with E-state index in [2.05, 4.69) is 4.98 Å². The molecule has 0 radical (unpaired) electrons. The monoisotopic (exact) mass is 231 g/mol. The van der Waals surface area contributed by atoms with Gasteiger partial charge in [-0.25, -0.2) is 4.79 Å². The molecule has 0 bridgehead atoms. The van der Waals surface area contributed by atoms with E-state index in [0.29, 0.717) is 5.75 Å². The molecule has 2 aromatic rings. The fourth-order valence-corrected chi connectivity index (χ4v) is 1.64. The lowest BCUT2D eigenvalue weighted by Gasteiger charge is -2.06. The lowest BCUT2D eigenvalue weighted by atomic mass is 10.1. The molecule has 0 aliphatic rings. The number of carbonyl (C=O) groups is 1. The maximum Gasteiger partial charge on any atom is 0.337 e. The zero-order valence-corrected chi connectivity index (χ0v) is 9.77. The van der Waals surface area contributed by atoms with Crippen LogP contribution in [0.3, 0.4) is 0 Å². The van der Waals surface area contributed by atoms with Gasteiger partial charge in [0.15, 0.2) is 0 Å². The molecule has 0 aliphatic heterocycles. The van der Waals surface area contributed by atoms with E-state index in [1.54, 1.807) is 12.3 Å². The summed E-state index contributed by atoms with van der Waals surface area (Å²) < 4.78 is 9.83. The highest BCUT2D eigenvalue weighted by molar-refractivity contribution is 5.86. The third-order valence-electron chi connectivity index (χ3n) is 2.43. The summed E-state index contributed by atoms with van der Waals surface area (Å²) in [6.07, 6.45) is 1.76. The Balaban J connectivity index is 2.31. The third-order valence-corrected chi connectivity index (χ3v) is 2.43. The number of carbonyl (C=O) groups excluding carboxylic acids is 1. The normalized spacial score (nSPS) is 10.5. The summed E-state index contributed by atoms with van der Waals surface area (Å²) >= 11 is 0. The number of aryl methyl sites for hydroxylation is 1. The largest absolute Gasteiger partial charge is 0.425 e. The minimum absolute atomic E-state index is 0.0515. The van der Waals surface area contributed by atoms with Gasteiger partial charge in [-0.2, -0.15) is 0 Å². The van der Waals surface area contributed by atoms with Gasteiger partial charge in [0.1, 0.15) is 12.4 Å². The fourth-order valence-electron chi connectivity index (χ4n) is 1.64. The van der Waals surface area contributed by atoms with Crippen molar-refractivity contribution >= 4 is 16.7 Å². The molecule has 0 fully saturated rings.